The van der Waals surface area contributed by atoms with Gasteiger partial charge in [0.05, 0.1) is 0 Å². The molecule has 0 aliphatic heterocycles. The Morgan fingerprint density at radius 1 is 0.288 bits per heavy atom. The molecule has 0 saturated heterocycles. The maximum absolute atomic E-state index is 12.8. The molecule has 1 atom stereocenters. The fourth-order valence-electron chi connectivity index (χ4n) is 8.20. The Balaban J connectivity index is 4.09. The minimum Gasteiger partial charge on any atom is -0.462 e. The Kier molecular flexibility index (Phi) is 57.4. The monoisotopic (exact) mass is 1010 g/mol. The van der Waals surface area contributed by atoms with E-state index in [-0.39, 0.29) is 31.1 Å². The fraction of sp³-hybridized carbons (Fsp3) is 0.687. The van der Waals surface area contributed by atoms with E-state index in [0.717, 1.165) is 122 Å². The first-order valence-corrected chi connectivity index (χ1v) is 30.4. The van der Waals surface area contributed by atoms with Crippen molar-refractivity contribution in [1.82, 2.24) is 0 Å². The quantitative estimate of drug-likeness (QED) is 0.0261. The van der Waals surface area contributed by atoms with Gasteiger partial charge < -0.3 is 14.2 Å². The predicted octanol–water partition coefficient (Wildman–Crippen LogP) is 20.7. The van der Waals surface area contributed by atoms with Gasteiger partial charge in [-0.05, 0) is 103 Å². The molecule has 6 heteroatoms. The van der Waals surface area contributed by atoms with Crippen LogP contribution in [0.1, 0.15) is 278 Å². The summed E-state index contributed by atoms with van der Waals surface area (Å²) in [4.78, 5) is 38.0. The second-order valence-electron chi connectivity index (χ2n) is 19.9. The van der Waals surface area contributed by atoms with E-state index in [1.165, 1.54) is 116 Å². The van der Waals surface area contributed by atoms with Gasteiger partial charge in [0.1, 0.15) is 13.2 Å². The highest BCUT2D eigenvalue weighted by molar-refractivity contribution is 5.71. The van der Waals surface area contributed by atoms with Crippen LogP contribution in [-0.2, 0) is 28.6 Å². The Bertz CT molecular complexity index is 1490. The van der Waals surface area contributed by atoms with Crippen LogP contribution in [0, 0.1) is 0 Å². The summed E-state index contributed by atoms with van der Waals surface area (Å²) in [6, 6.07) is 0. The summed E-state index contributed by atoms with van der Waals surface area (Å²) < 4.78 is 16.8. The number of unbranched alkanes of at least 4 members (excludes halogenated alkanes) is 25. The van der Waals surface area contributed by atoms with Crippen molar-refractivity contribution in [3.05, 3.63) is 109 Å². The zero-order chi connectivity index (χ0) is 52.9. The minimum atomic E-state index is -0.780. The molecule has 0 aliphatic carbocycles. The Morgan fingerprint density at radius 3 is 0.890 bits per heavy atom. The molecule has 0 fully saturated rings. The van der Waals surface area contributed by atoms with E-state index < -0.39 is 6.10 Å². The Labute approximate surface area is 450 Å². The van der Waals surface area contributed by atoms with Gasteiger partial charge in [-0.1, -0.05) is 265 Å². The van der Waals surface area contributed by atoms with E-state index in [1.807, 2.05) is 0 Å². The van der Waals surface area contributed by atoms with Crippen molar-refractivity contribution in [2.45, 2.75) is 284 Å². The van der Waals surface area contributed by atoms with Crippen LogP contribution in [0.3, 0.4) is 0 Å². The molecule has 0 aliphatic rings. The lowest BCUT2D eigenvalue weighted by Gasteiger charge is -2.18. The first-order valence-electron chi connectivity index (χ1n) is 30.4. The smallest absolute Gasteiger partial charge is 0.306 e. The fourth-order valence-corrected chi connectivity index (χ4v) is 8.20. The summed E-state index contributed by atoms with van der Waals surface area (Å²) in [6.07, 6.45) is 82.5. The van der Waals surface area contributed by atoms with Crippen LogP contribution >= 0.6 is 0 Å². The van der Waals surface area contributed by atoms with Gasteiger partial charge in [0.25, 0.3) is 0 Å². The molecule has 0 amide bonds. The highest BCUT2D eigenvalue weighted by atomic mass is 16.6. The molecule has 6 nitrogen and oxygen atoms in total. The van der Waals surface area contributed by atoms with Crippen LogP contribution in [0.15, 0.2) is 109 Å². The molecular formula is C67H112O6. The van der Waals surface area contributed by atoms with Crippen LogP contribution in [-0.4, -0.2) is 37.2 Å². The number of ether oxygens (including phenoxy) is 3. The van der Waals surface area contributed by atoms with Crippen LogP contribution in [0.25, 0.3) is 0 Å². The molecule has 0 spiro atoms. The maximum atomic E-state index is 12.8. The van der Waals surface area contributed by atoms with Crippen LogP contribution in [0.2, 0.25) is 0 Å². The van der Waals surface area contributed by atoms with Crippen molar-refractivity contribution < 1.29 is 28.6 Å². The van der Waals surface area contributed by atoms with E-state index >= 15 is 0 Å². The molecule has 73 heavy (non-hydrogen) atoms. The number of rotatable bonds is 54. The van der Waals surface area contributed by atoms with Gasteiger partial charge >= 0.3 is 17.9 Å². The van der Waals surface area contributed by atoms with E-state index in [9.17, 15) is 14.4 Å². The van der Waals surface area contributed by atoms with E-state index in [4.69, 9.17) is 14.2 Å². The average Bonchev–Trinajstić information content (AvgIpc) is 3.39. The summed E-state index contributed by atoms with van der Waals surface area (Å²) >= 11 is 0. The van der Waals surface area contributed by atoms with Gasteiger partial charge in [0.15, 0.2) is 6.10 Å². The number of carbonyl (C=O) groups is 3. The Hall–Kier alpha value is -3.93. The van der Waals surface area contributed by atoms with Crippen molar-refractivity contribution >= 4 is 17.9 Å². The number of hydrogen-bond donors (Lipinski definition) is 0. The topological polar surface area (TPSA) is 78.9 Å². The van der Waals surface area contributed by atoms with E-state index in [2.05, 4.69) is 130 Å². The van der Waals surface area contributed by atoms with Gasteiger partial charge in [-0.25, -0.2) is 0 Å². The zero-order valence-electron chi connectivity index (χ0n) is 47.6. The third kappa shape index (κ3) is 58.8. The van der Waals surface area contributed by atoms with E-state index in [0.29, 0.717) is 19.3 Å². The van der Waals surface area contributed by atoms with Crippen molar-refractivity contribution in [2.75, 3.05) is 13.2 Å². The molecular weight excluding hydrogens is 901 g/mol. The average molecular weight is 1010 g/mol. The normalized spacial score (nSPS) is 12.9. The molecule has 0 aromatic heterocycles. The first kappa shape index (κ1) is 69.1. The standard InChI is InChI=1S/C67H112O6/c1-4-7-10-13-16-19-21-22-23-24-25-26-27-28-29-30-31-32-33-34-35-36-37-38-39-40-41-42-43-44-46-48-51-54-57-60-66(69)72-63-64(62-71-65(68)59-56-53-50-47-18-15-12-9-6-3)73-67(70)61-58-55-52-49-45-20-17-14-11-8-5-2/h7,10,14,16-17,19,22-23,25-26,28-29,31-32,34-35,37-38,64H,4-6,8-9,11-13,15,18,20-21,24,27,30,33,36,39-63H2,1-3H3/b10-7-,17-14-,19-16-,23-22-,26-25-,29-28-,32-31-,35-34-,38-37-. The van der Waals surface area contributed by atoms with Crippen molar-refractivity contribution in [3.8, 4) is 0 Å². The first-order chi connectivity index (χ1) is 36.0. The van der Waals surface area contributed by atoms with Crippen molar-refractivity contribution in [3.63, 3.8) is 0 Å². The number of carbonyl (C=O) groups excluding carboxylic acids is 3. The van der Waals surface area contributed by atoms with Crippen molar-refractivity contribution in [2.24, 2.45) is 0 Å². The summed E-state index contributed by atoms with van der Waals surface area (Å²) in [6.45, 7) is 6.46. The molecule has 416 valence electrons. The van der Waals surface area contributed by atoms with Gasteiger partial charge in [-0.15, -0.1) is 0 Å². The Morgan fingerprint density at radius 2 is 0.548 bits per heavy atom. The lowest BCUT2D eigenvalue weighted by molar-refractivity contribution is -0.167. The van der Waals surface area contributed by atoms with Gasteiger partial charge in [0, 0.05) is 19.3 Å². The highest BCUT2D eigenvalue weighted by Gasteiger charge is 2.19. The molecule has 0 radical (unpaired) electrons. The number of allylic oxidation sites excluding steroid dienone is 18. The molecule has 0 rings (SSSR count). The molecule has 0 aromatic rings. The summed E-state index contributed by atoms with van der Waals surface area (Å²) in [7, 11) is 0. The van der Waals surface area contributed by atoms with Crippen LogP contribution in [0.5, 0.6) is 0 Å². The van der Waals surface area contributed by atoms with Crippen LogP contribution in [0.4, 0.5) is 0 Å². The summed E-state index contributed by atoms with van der Waals surface area (Å²) in [5.41, 5.74) is 0. The lowest BCUT2D eigenvalue weighted by Crippen LogP contribution is -2.30. The highest BCUT2D eigenvalue weighted by Crippen LogP contribution is 2.15. The molecule has 0 aromatic carbocycles. The predicted molar refractivity (Wildman–Crippen MR) is 316 cm³/mol. The van der Waals surface area contributed by atoms with Gasteiger partial charge in [0.2, 0.25) is 0 Å². The number of hydrogen-bond acceptors (Lipinski definition) is 6. The molecule has 0 bridgehead atoms. The third-order valence-corrected chi connectivity index (χ3v) is 12.8. The summed E-state index contributed by atoms with van der Waals surface area (Å²) in [5, 5.41) is 0. The third-order valence-electron chi connectivity index (χ3n) is 12.8. The molecule has 0 N–H and O–H groups in total. The van der Waals surface area contributed by atoms with Gasteiger partial charge in [-0.2, -0.15) is 0 Å². The van der Waals surface area contributed by atoms with Gasteiger partial charge in [-0.3, -0.25) is 14.4 Å². The van der Waals surface area contributed by atoms with Crippen molar-refractivity contribution in [1.29, 1.82) is 0 Å². The second-order valence-corrected chi connectivity index (χ2v) is 19.9. The number of esters is 3. The molecule has 0 heterocycles. The maximum Gasteiger partial charge on any atom is 0.306 e. The molecule has 1 unspecified atom stereocenters. The summed E-state index contributed by atoms with van der Waals surface area (Å²) in [5.74, 6) is -0.896. The zero-order valence-corrected chi connectivity index (χ0v) is 47.6. The minimum absolute atomic E-state index is 0.0801. The second kappa shape index (κ2) is 60.6. The van der Waals surface area contributed by atoms with E-state index in [1.54, 1.807) is 0 Å². The molecule has 0 saturated carbocycles. The van der Waals surface area contributed by atoms with Crippen LogP contribution < -0.4 is 0 Å². The SMILES string of the molecule is CC/C=C\C/C=C\C/C=C\C/C=C\C/C=C\C/C=C\C/C=C\C/C=C\CCCCCCCCCCCCC(=O)OCC(COC(=O)CCCCCCCCCCC)OC(=O)CCCCCCC/C=C\CCCC. The largest absolute Gasteiger partial charge is 0.462 e. The lowest BCUT2D eigenvalue weighted by atomic mass is 10.1.